The van der Waals surface area contributed by atoms with Gasteiger partial charge >= 0.3 is 7.05 Å². The predicted molar refractivity (Wildman–Crippen MR) is 77.1 cm³/mol. The van der Waals surface area contributed by atoms with Crippen LogP contribution in [0.25, 0.3) is 0 Å². The van der Waals surface area contributed by atoms with Gasteiger partial charge in [-0.25, -0.2) is 0 Å². The van der Waals surface area contributed by atoms with Crippen LogP contribution in [0.15, 0.2) is 0 Å². The van der Waals surface area contributed by atoms with Crippen molar-refractivity contribution in [2.24, 2.45) is 5.92 Å². The lowest BCUT2D eigenvalue weighted by molar-refractivity contribution is 0.0570. The van der Waals surface area contributed by atoms with Gasteiger partial charge in [-0.05, 0) is 32.0 Å². The minimum absolute atomic E-state index is 0.234. The molecule has 0 aromatic rings. The molecule has 2 aliphatic rings. The molecule has 1 unspecified atom stereocenters. The molecule has 110 valence electrons. The van der Waals surface area contributed by atoms with Gasteiger partial charge in [0.2, 0.25) is 0 Å². The third-order valence-electron chi connectivity index (χ3n) is 4.62. The van der Waals surface area contributed by atoms with Crippen molar-refractivity contribution in [2.45, 2.75) is 57.5 Å². The molecule has 2 rings (SSSR count). The van der Waals surface area contributed by atoms with Gasteiger partial charge in [-0.15, -0.1) is 0 Å². The third kappa shape index (κ3) is 4.45. The number of rotatable bonds is 6. The van der Waals surface area contributed by atoms with E-state index in [-0.39, 0.29) is 6.10 Å². The quantitative estimate of drug-likeness (QED) is 0.746. The van der Waals surface area contributed by atoms with Crippen LogP contribution in [0, 0.1) is 5.92 Å². The fraction of sp³-hybridized carbons (Fsp3) is 1.00. The van der Waals surface area contributed by atoms with Gasteiger partial charge in [-0.3, -0.25) is 0 Å². The lowest BCUT2D eigenvalue weighted by atomic mass is 9.84. The maximum Gasteiger partial charge on any atom is 0.376 e. The molecule has 5 heteroatoms. The molecule has 4 nitrogen and oxygen atoms in total. The molecule has 1 aliphatic carbocycles. The van der Waals surface area contributed by atoms with Crippen molar-refractivity contribution in [3.63, 3.8) is 0 Å². The smallest absolute Gasteiger partial charge is 0.376 e. The van der Waals surface area contributed by atoms with Crippen LogP contribution < -0.4 is 0 Å². The second-order valence-corrected chi connectivity index (χ2v) is 6.12. The molecule has 19 heavy (non-hydrogen) atoms. The Kier molecular flexibility index (Phi) is 6.14. The molecule has 2 fully saturated rings. The Morgan fingerprint density at radius 1 is 1.21 bits per heavy atom. The summed E-state index contributed by atoms with van der Waals surface area (Å²) in [6.07, 6.45) is 7.97. The van der Waals surface area contributed by atoms with Gasteiger partial charge in [0.15, 0.2) is 0 Å². The Morgan fingerprint density at radius 2 is 1.95 bits per heavy atom. The minimum Gasteiger partial charge on any atom is -0.437 e. The highest BCUT2D eigenvalue weighted by Gasteiger charge is 2.36. The highest BCUT2D eigenvalue weighted by atomic mass is 16.5. The van der Waals surface area contributed by atoms with E-state index in [1.807, 2.05) is 6.82 Å². The van der Waals surface area contributed by atoms with Crippen LogP contribution in [0.3, 0.4) is 0 Å². The first-order valence-corrected chi connectivity index (χ1v) is 7.75. The van der Waals surface area contributed by atoms with Crippen molar-refractivity contribution >= 4 is 7.05 Å². The Hall–Kier alpha value is -0.0951. The van der Waals surface area contributed by atoms with Crippen molar-refractivity contribution in [1.82, 2.24) is 4.81 Å². The largest absolute Gasteiger partial charge is 0.437 e. The van der Waals surface area contributed by atoms with E-state index in [9.17, 15) is 5.02 Å². The van der Waals surface area contributed by atoms with Gasteiger partial charge in [0.05, 0.1) is 12.7 Å². The maximum absolute atomic E-state index is 9.80. The molecule has 0 aromatic carbocycles. The summed E-state index contributed by atoms with van der Waals surface area (Å²) in [7, 11) is 1.33. The van der Waals surface area contributed by atoms with Gasteiger partial charge in [0, 0.05) is 26.3 Å². The molecule has 1 heterocycles. The van der Waals surface area contributed by atoms with E-state index in [2.05, 4.69) is 4.81 Å². The first kappa shape index (κ1) is 15.3. The molecule has 0 aromatic heterocycles. The Labute approximate surface area is 117 Å². The Balaban J connectivity index is 1.71. The topological polar surface area (TPSA) is 41.9 Å². The zero-order valence-electron chi connectivity index (χ0n) is 12.4. The number of nitrogens with zero attached hydrogens (tertiary/aromatic N) is 1. The van der Waals surface area contributed by atoms with E-state index in [1.165, 1.54) is 32.1 Å². The minimum atomic E-state index is -0.413. The molecule has 1 N–H and O–H groups in total. The van der Waals surface area contributed by atoms with Gasteiger partial charge < -0.3 is 19.3 Å². The second-order valence-electron chi connectivity index (χ2n) is 6.12. The molecule has 1 saturated carbocycles. The van der Waals surface area contributed by atoms with Gasteiger partial charge in [0.1, 0.15) is 0 Å². The van der Waals surface area contributed by atoms with Crippen molar-refractivity contribution in [2.75, 3.05) is 26.9 Å². The van der Waals surface area contributed by atoms with Crippen LogP contribution in [-0.2, 0) is 9.47 Å². The summed E-state index contributed by atoms with van der Waals surface area (Å²) in [5, 5.41) is 9.80. The second kappa shape index (κ2) is 7.62. The molecule has 2 atom stereocenters. The van der Waals surface area contributed by atoms with Gasteiger partial charge in [-0.1, -0.05) is 19.3 Å². The lowest BCUT2D eigenvalue weighted by Gasteiger charge is -2.26. The molecule has 1 saturated heterocycles. The highest BCUT2D eigenvalue weighted by Crippen LogP contribution is 2.25. The van der Waals surface area contributed by atoms with Crippen LogP contribution in [0.4, 0.5) is 0 Å². The average molecular weight is 269 g/mol. The van der Waals surface area contributed by atoms with E-state index in [4.69, 9.17) is 9.47 Å². The van der Waals surface area contributed by atoms with E-state index in [0.717, 1.165) is 32.1 Å². The summed E-state index contributed by atoms with van der Waals surface area (Å²) in [5.74, 6) is 0.758. The number of hydrogen-bond acceptors (Lipinski definition) is 4. The summed E-state index contributed by atoms with van der Waals surface area (Å²) in [4.78, 5) is 2.09. The number of hydrogen-bond donors (Lipinski definition) is 1. The fourth-order valence-electron chi connectivity index (χ4n) is 3.41. The lowest BCUT2D eigenvalue weighted by Crippen LogP contribution is -2.43. The summed E-state index contributed by atoms with van der Waals surface area (Å²) in [6, 6.07) is 0.300. The zero-order valence-corrected chi connectivity index (χ0v) is 12.4. The SMILES string of the molecule is COC1C[C@@H](COCC2CCCCC2)N(B(C)O)C1. The van der Waals surface area contributed by atoms with Crippen molar-refractivity contribution in [1.29, 1.82) is 0 Å². The van der Waals surface area contributed by atoms with E-state index in [1.54, 1.807) is 7.11 Å². The first-order chi connectivity index (χ1) is 9.20. The summed E-state index contributed by atoms with van der Waals surface area (Å²) in [6.45, 7) is 4.25. The van der Waals surface area contributed by atoms with Crippen molar-refractivity contribution < 1.29 is 14.5 Å². The number of methoxy groups -OCH3 is 1. The van der Waals surface area contributed by atoms with Crippen molar-refractivity contribution in [3.05, 3.63) is 0 Å². The highest BCUT2D eigenvalue weighted by molar-refractivity contribution is 6.45. The fourth-order valence-corrected chi connectivity index (χ4v) is 3.41. The zero-order chi connectivity index (χ0) is 13.7. The molecule has 0 bridgehead atoms. The third-order valence-corrected chi connectivity index (χ3v) is 4.62. The van der Waals surface area contributed by atoms with E-state index in [0.29, 0.717) is 6.04 Å². The normalized spacial score (nSPS) is 29.8. The van der Waals surface area contributed by atoms with Crippen LogP contribution in [0.5, 0.6) is 0 Å². The molecular weight excluding hydrogens is 241 g/mol. The standard InChI is InChI=1S/C14H28BNO3/c1-15(17)16-9-14(18-2)8-13(16)11-19-10-12-6-4-3-5-7-12/h12-14,17H,3-11H2,1-2H3/t13-,14?/m0/s1. The summed E-state index contributed by atoms with van der Waals surface area (Å²) >= 11 is 0. The first-order valence-electron chi connectivity index (χ1n) is 7.75. The van der Waals surface area contributed by atoms with Crippen LogP contribution in [0.1, 0.15) is 38.5 Å². The van der Waals surface area contributed by atoms with Gasteiger partial charge in [0.25, 0.3) is 0 Å². The van der Waals surface area contributed by atoms with Gasteiger partial charge in [-0.2, -0.15) is 0 Å². The number of ether oxygens (including phenoxy) is 2. The molecular formula is C14H28BNO3. The Bertz CT molecular complexity index is 259. The van der Waals surface area contributed by atoms with Crippen LogP contribution >= 0.6 is 0 Å². The molecule has 1 aliphatic heterocycles. The van der Waals surface area contributed by atoms with E-state index < -0.39 is 7.05 Å². The molecule has 0 spiro atoms. The average Bonchev–Trinajstić information content (AvgIpc) is 2.83. The summed E-state index contributed by atoms with van der Waals surface area (Å²) < 4.78 is 11.3. The molecule has 0 radical (unpaired) electrons. The monoisotopic (exact) mass is 269 g/mol. The van der Waals surface area contributed by atoms with Crippen LogP contribution in [0.2, 0.25) is 6.82 Å². The predicted octanol–water partition coefficient (Wildman–Crippen LogP) is 1.78. The van der Waals surface area contributed by atoms with Crippen LogP contribution in [-0.4, -0.2) is 55.9 Å². The van der Waals surface area contributed by atoms with E-state index >= 15 is 0 Å². The molecule has 0 amide bonds. The van der Waals surface area contributed by atoms with Crippen molar-refractivity contribution in [3.8, 4) is 0 Å². The maximum atomic E-state index is 9.80. The Morgan fingerprint density at radius 3 is 2.58 bits per heavy atom. The summed E-state index contributed by atoms with van der Waals surface area (Å²) in [5.41, 5.74) is 0.